The zero-order valence-corrected chi connectivity index (χ0v) is 21.7. The minimum absolute atomic E-state index is 0.0218. The molecule has 2 aromatic rings. The highest BCUT2D eigenvalue weighted by Crippen LogP contribution is 2.54. The number of carboxylic acid groups (broad SMARTS) is 1. The summed E-state index contributed by atoms with van der Waals surface area (Å²) in [4.78, 5) is 13.2. The second-order valence-electron chi connectivity index (χ2n) is 11.3. The third-order valence-electron chi connectivity index (χ3n) is 9.02. The molecule has 2 heterocycles. The van der Waals surface area contributed by atoms with Crippen molar-refractivity contribution in [2.24, 2.45) is 17.8 Å². The summed E-state index contributed by atoms with van der Waals surface area (Å²) in [6.45, 7) is 4.05. The quantitative estimate of drug-likeness (QED) is 0.398. The number of aliphatic carboxylic acids is 1. The van der Waals surface area contributed by atoms with Gasteiger partial charge in [0.15, 0.2) is 0 Å². The molecule has 1 saturated carbocycles. The van der Waals surface area contributed by atoms with Gasteiger partial charge in [-0.25, -0.2) is 0 Å². The summed E-state index contributed by atoms with van der Waals surface area (Å²) in [5.74, 6) is -0.646. The van der Waals surface area contributed by atoms with Crippen molar-refractivity contribution < 1.29 is 41.0 Å². The second-order valence-corrected chi connectivity index (χ2v) is 11.3. The Labute approximate surface area is 222 Å². The standard InChI is InChI=1S/C29H31F6NO3/c1-16(26(37)38)11-18-3-4-19-9-10-27(39-25(19)12-18)21-5-6-22(27)15-36(14-21)17(2)23-13-20(28(30,31)32)7-8-24(23)29(33,34)35/h3-4,7-8,12-13,16-17,21-22H,5-6,9-11,14-15H2,1-2H3,(H,37,38)/t16?,17?,21-,22?,27?/m0/s1. The van der Waals surface area contributed by atoms with Crippen LogP contribution in [0.4, 0.5) is 26.3 Å². The molecule has 0 amide bonds. The number of hydrogen-bond donors (Lipinski definition) is 1. The number of aryl methyl sites for hydroxylation is 1. The fourth-order valence-electron chi connectivity index (χ4n) is 6.84. The molecule has 0 radical (unpaired) electrons. The summed E-state index contributed by atoms with van der Waals surface area (Å²) in [7, 11) is 0. The van der Waals surface area contributed by atoms with Gasteiger partial charge in [0.05, 0.1) is 17.0 Å². The number of alkyl halides is 6. The fraction of sp³-hybridized carbons (Fsp3) is 0.552. The van der Waals surface area contributed by atoms with Crippen molar-refractivity contribution in [2.75, 3.05) is 13.1 Å². The monoisotopic (exact) mass is 555 g/mol. The van der Waals surface area contributed by atoms with Gasteiger partial charge >= 0.3 is 18.3 Å². The first-order chi connectivity index (χ1) is 18.2. The van der Waals surface area contributed by atoms with E-state index in [-0.39, 0.29) is 17.4 Å². The number of piperidine rings is 1. The minimum Gasteiger partial charge on any atom is -0.486 e. The van der Waals surface area contributed by atoms with Crippen LogP contribution in [0.5, 0.6) is 5.75 Å². The number of rotatable bonds is 5. The maximum Gasteiger partial charge on any atom is 0.416 e. The van der Waals surface area contributed by atoms with E-state index in [9.17, 15) is 36.2 Å². The Balaban J connectivity index is 1.39. The molecule has 3 aliphatic rings. The molecule has 4 nitrogen and oxygen atoms in total. The van der Waals surface area contributed by atoms with Crippen LogP contribution >= 0.6 is 0 Å². The van der Waals surface area contributed by atoms with Gasteiger partial charge in [-0.05, 0) is 80.0 Å². The summed E-state index contributed by atoms with van der Waals surface area (Å²) in [6, 6.07) is 6.62. The van der Waals surface area contributed by atoms with Crippen molar-refractivity contribution in [2.45, 2.75) is 69.9 Å². The molecular weight excluding hydrogens is 524 g/mol. The molecule has 2 aliphatic heterocycles. The summed E-state index contributed by atoms with van der Waals surface area (Å²) in [5, 5.41) is 9.27. The second kappa shape index (κ2) is 9.71. The molecule has 5 atom stereocenters. The lowest BCUT2D eigenvalue weighted by Crippen LogP contribution is -2.58. The van der Waals surface area contributed by atoms with Crippen LogP contribution in [0, 0.1) is 17.8 Å². The van der Waals surface area contributed by atoms with Gasteiger partial charge in [0.2, 0.25) is 0 Å². The first-order valence-corrected chi connectivity index (χ1v) is 13.2. The smallest absolute Gasteiger partial charge is 0.416 e. The van der Waals surface area contributed by atoms with Gasteiger partial charge in [-0.15, -0.1) is 0 Å². The molecule has 1 spiro atoms. The predicted molar refractivity (Wildman–Crippen MR) is 131 cm³/mol. The molecule has 10 heteroatoms. The maximum atomic E-state index is 13.8. The van der Waals surface area contributed by atoms with Crippen LogP contribution in [0.1, 0.15) is 67.0 Å². The average Bonchev–Trinajstić information content (AvgIpc) is 3.03. The Morgan fingerprint density at radius 2 is 1.69 bits per heavy atom. The summed E-state index contributed by atoms with van der Waals surface area (Å²) < 4.78 is 88.3. The van der Waals surface area contributed by atoms with Gasteiger partial charge < -0.3 is 9.84 Å². The number of halogens is 6. The third kappa shape index (κ3) is 5.12. The predicted octanol–water partition coefficient (Wildman–Crippen LogP) is 7.15. The van der Waals surface area contributed by atoms with E-state index in [1.54, 1.807) is 13.8 Å². The maximum absolute atomic E-state index is 13.8. The first kappa shape index (κ1) is 27.8. The van der Waals surface area contributed by atoms with Gasteiger partial charge in [-0.2, -0.15) is 26.3 Å². The zero-order valence-electron chi connectivity index (χ0n) is 21.7. The normalized spacial score (nSPS) is 26.7. The van der Waals surface area contributed by atoms with Crippen molar-refractivity contribution in [3.8, 4) is 5.75 Å². The molecule has 1 saturated heterocycles. The number of fused-ring (bicyclic) bond motifs is 1. The van der Waals surface area contributed by atoms with Gasteiger partial charge in [0.25, 0.3) is 0 Å². The summed E-state index contributed by atoms with van der Waals surface area (Å²) in [6.07, 6.45) is -5.95. The molecule has 2 fully saturated rings. The van der Waals surface area contributed by atoms with Crippen molar-refractivity contribution in [3.63, 3.8) is 0 Å². The molecule has 5 rings (SSSR count). The number of nitrogens with zero attached hydrogens (tertiary/aromatic N) is 1. The Morgan fingerprint density at radius 3 is 2.28 bits per heavy atom. The van der Waals surface area contributed by atoms with E-state index in [0.29, 0.717) is 37.7 Å². The van der Waals surface area contributed by atoms with Crippen LogP contribution in [0.25, 0.3) is 0 Å². The lowest BCUT2D eigenvalue weighted by molar-refractivity contribution is -0.142. The van der Waals surface area contributed by atoms with Crippen molar-refractivity contribution in [3.05, 3.63) is 64.2 Å². The fourth-order valence-corrected chi connectivity index (χ4v) is 6.84. The van der Waals surface area contributed by atoms with Gasteiger partial charge in [-0.3, -0.25) is 9.69 Å². The van der Waals surface area contributed by atoms with Gasteiger partial charge in [0, 0.05) is 31.0 Å². The number of likely N-dealkylation sites (tertiary alicyclic amines) is 1. The molecule has 2 bridgehead atoms. The molecule has 0 aromatic heterocycles. The number of carboxylic acids is 1. The van der Waals surface area contributed by atoms with Crippen LogP contribution in [-0.2, 0) is 30.0 Å². The number of carbonyl (C=O) groups is 1. The summed E-state index contributed by atoms with van der Waals surface area (Å²) in [5.41, 5.74) is -1.07. The minimum atomic E-state index is -4.77. The highest BCUT2D eigenvalue weighted by atomic mass is 19.4. The SMILES string of the molecule is CC(Cc1ccc2c(c1)OC1(CC2)C2CC[C@H]1CN(C(C)c1cc(C(F)(F)F)ccc1C(F)(F)F)C2)C(=O)O. The number of ether oxygens (including phenoxy) is 1. The summed E-state index contributed by atoms with van der Waals surface area (Å²) >= 11 is 0. The number of benzene rings is 2. The first-order valence-electron chi connectivity index (χ1n) is 13.2. The van der Waals surface area contributed by atoms with Gasteiger partial charge in [0.1, 0.15) is 11.4 Å². The van der Waals surface area contributed by atoms with E-state index in [4.69, 9.17) is 4.74 Å². The lowest BCUT2D eigenvalue weighted by Gasteiger charge is -2.51. The molecule has 4 unspecified atom stereocenters. The van der Waals surface area contributed by atoms with Gasteiger partial charge in [-0.1, -0.05) is 19.1 Å². The topological polar surface area (TPSA) is 49.8 Å². The van der Waals surface area contributed by atoms with E-state index >= 15 is 0 Å². The third-order valence-corrected chi connectivity index (χ3v) is 9.02. The van der Waals surface area contributed by atoms with Crippen LogP contribution in [-0.4, -0.2) is 34.7 Å². The Morgan fingerprint density at radius 1 is 1.03 bits per heavy atom. The van der Waals surface area contributed by atoms with E-state index in [2.05, 4.69) is 0 Å². The zero-order chi connectivity index (χ0) is 28.3. The Kier molecular flexibility index (Phi) is 6.92. The molecule has 1 N–H and O–H groups in total. The average molecular weight is 556 g/mol. The molecular formula is C29H31F6NO3. The van der Waals surface area contributed by atoms with Crippen molar-refractivity contribution in [1.82, 2.24) is 4.90 Å². The van der Waals surface area contributed by atoms with Crippen LogP contribution in [0.2, 0.25) is 0 Å². The van der Waals surface area contributed by atoms with E-state index < -0.39 is 47.0 Å². The van der Waals surface area contributed by atoms with E-state index in [1.165, 1.54) is 0 Å². The molecule has 212 valence electrons. The van der Waals surface area contributed by atoms with Crippen LogP contribution < -0.4 is 4.74 Å². The van der Waals surface area contributed by atoms with E-state index in [0.717, 1.165) is 42.6 Å². The number of hydrogen-bond acceptors (Lipinski definition) is 3. The molecule has 1 aliphatic carbocycles. The Bertz CT molecular complexity index is 1240. The van der Waals surface area contributed by atoms with E-state index in [1.807, 2.05) is 23.1 Å². The highest BCUT2D eigenvalue weighted by Gasteiger charge is 2.57. The Hall–Kier alpha value is -2.75. The molecule has 39 heavy (non-hydrogen) atoms. The van der Waals surface area contributed by atoms with Crippen LogP contribution in [0.15, 0.2) is 36.4 Å². The van der Waals surface area contributed by atoms with Crippen molar-refractivity contribution in [1.29, 1.82) is 0 Å². The highest BCUT2D eigenvalue weighted by molar-refractivity contribution is 5.70. The molecule has 2 aromatic carbocycles. The largest absolute Gasteiger partial charge is 0.486 e. The van der Waals surface area contributed by atoms with Crippen molar-refractivity contribution >= 4 is 5.97 Å². The lowest BCUT2D eigenvalue weighted by atomic mass is 9.74. The van der Waals surface area contributed by atoms with Crippen LogP contribution in [0.3, 0.4) is 0 Å².